The van der Waals surface area contributed by atoms with E-state index < -0.39 is 16.1 Å². The lowest BCUT2D eigenvalue weighted by Gasteiger charge is -2.35. The standard InChI is InChI=1S/C26H43N5O5S/c1-19(32)36-15-10-20-8-13-31(14-9-20)25(33)22(17-28-12-5-11-27)30-37(34,35)23-7-4-6-21-16-26(2,3)18-29-24(21)23/h4,6-7,20,22,28-30H,5,8-18,27H2,1-3H3/t22-/m0/s1. The van der Waals surface area contributed by atoms with Gasteiger partial charge < -0.3 is 26.0 Å². The van der Waals surface area contributed by atoms with Gasteiger partial charge in [-0.15, -0.1) is 0 Å². The second-order valence-corrected chi connectivity index (χ2v) is 12.6. The minimum atomic E-state index is -3.97. The highest BCUT2D eigenvalue weighted by atomic mass is 32.2. The number of nitrogens with two attached hydrogens (primary N) is 1. The lowest BCUT2D eigenvalue weighted by Crippen LogP contribution is -2.54. The van der Waals surface area contributed by atoms with Crippen molar-refractivity contribution in [2.75, 3.05) is 51.2 Å². The SMILES string of the molecule is CC(=O)OCCC1CCN(C(=O)[C@H](CNCCCN)NS(=O)(=O)c2cccc3c2NCC(C)(C)C3)CC1. The monoisotopic (exact) mass is 537 g/mol. The molecule has 2 aliphatic rings. The highest BCUT2D eigenvalue weighted by Gasteiger charge is 2.34. The van der Waals surface area contributed by atoms with E-state index in [0.717, 1.165) is 37.7 Å². The van der Waals surface area contributed by atoms with Crippen molar-refractivity contribution >= 4 is 27.6 Å². The summed E-state index contributed by atoms with van der Waals surface area (Å²) < 4.78 is 34.9. The van der Waals surface area contributed by atoms with Crippen LogP contribution in [0.15, 0.2) is 23.1 Å². The number of piperidine rings is 1. The summed E-state index contributed by atoms with van der Waals surface area (Å²) in [5.74, 6) is -0.156. The second-order valence-electron chi connectivity index (χ2n) is 10.9. The first-order valence-electron chi connectivity index (χ1n) is 13.2. The van der Waals surface area contributed by atoms with Gasteiger partial charge in [-0.3, -0.25) is 9.59 Å². The molecule has 0 bridgehead atoms. The molecule has 0 saturated carbocycles. The molecule has 5 N–H and O–H groups in total. The summed E-state index contributed by atoms with van der Waals surface area (Å²) in [7, 11) is -3.97. The van der Waals surface area contributed by atoms with E-state index in [1.165, 1.54) is 6.92 Å². The molecule has 1 aromatic carbocycles. The highest BCUT2D eigenvalue weighted by Crippen LogP contribution is 2.36. The summed E-state index contributed by atoms with van der Waals surface area (Å²) in [6.45, 7) is 9.10. The average Bonchev–Trinajstić information content (AvgIpc) is 2.84. The molecule has 2 aliphatic heterocycles. The minimum Gasteiger partial charge on any atom is -0.466 e. The summed E-state index contributed by atoms with van der Waals surface area (Å²) in [5.41, 5.74) is 7.19. The maximum Gasteiger partial charge on any atom is 0.302 e. The molecule has 3 rings (SSSR count). The quantitative estimate of drug-likeness (QED) is 0.232. The predicted octanol–water partition coefficient (Wildman–Crippen LogP) is 1.46. The number of rotatable bonds is 12. The van der Waals surface area contributed by atoms with Crippen LogP contribution in [0.3, 0.4) is 0 Å². The molecule has 1 atom stereocenters. The fourth-order valence-electron chi connectivity index (χ4n) is 4.99. The molecule has 2 heterocycles. The number of carbonyl (C=O) groups is 2. The second kappa shape index (κ2) is 13.0. The van der Waals surface area contributed by atoms with Crippen molar-refractivity contribution in [1.29, 1.82) is 0 Å². The molecule has 1 saturated heterocycles. The Morgan fingerprint density at radius 1 is 1.27 bits per heavy atom. The summed E-state index contributed by atoms with van der Waals surface area (Å²) in [6, 6.07) is 4.36. The third-order valence-electron chi connectivity index (χ3n) is 7.07. The Labute approximate surface area is 221 Å². The van der Waals surface area contributed by atoms with Crippen LogP contribution in [0.4, 0.5) is 5.69 Å². The van der Waals surface area contributed by atoms with Gasteiger partial charge in [0.1, 0.15) is 10.9 Å². The zero-order valence-electron chi connectivity index (χ0n) is 22.3. The van der Waals surface area contributed by atoms with Crippen molar-refractivity contribution in [3.8, 4) is 0 Å². The molecular formula is C26H43N5O5S. The van der Waals surface area contributed by atoms with Crippen LogP contribution >= 0.6 is 0 Å². The van der Waals surface area contributed by atoms with Crippen LogP contribution in [-0.2, 0) is 30.8 Å². The van der Waals surface area contributed by atoms with E-state index in [9.17, 15) is 18.0 Å². The number of hydrogen-bond donors (Lipinski definition) is 4. The third kappa shape index (κ3) is 8.39. The fraction of sp³-hybridized carbons (Fsp3) is 0.692. The Morgan fingerprint density at radius 3 is 2.68 bits per heavy atom. The molecule has 208 valence electrons. The molecule has 37 heavy (non-hydrogen) atoms. The maximum absolute atomic E-state index is 13.6. The van der Waals surface area contributed by atoms with E-state index in [4.69, 9.17) is 10.5 Å². The van der Waals surface area contributed by atoms with Gasteiger partial charge in [-0.05, 0) is 68.2 Å². The summed E-state index contributed by atoms with van der Waals surface area (Å²) in [5, 5.41) is 6.49. The average molecular weight is 538 g/mol. The van der Waals surface area contributed by atoms with Gasteiger partial charge >= 0.3 is 5.97 Å². The molecule has 0 radical (unpaired) electrons. The van der Waals surface area contributed by atoms with Gasteiger partial charge in [0.15, 0.2) is 0 Å². The predicted molar refractivity (Wildman–Crippen MR) is 144 cm³/mol. The Hall–Kier alpha value is -2.21. The van der Waals surface area contributed by atoms with Crippen molar-refractivity contribution < 1.29 is 22.7 Å². The lowest BCUT2D eigenvalue weighted by molar-refractivity contribution is -0.141. The number of para-hydroxylation sites is 1. The number of fused-ring (bicyclic) bond motifs is 1. The van der Waals surface area contributed by atoms with Gasteiger partial charge in [0, 0.05) is 33.1 Å². The van der Waals surface area contributed by atoms with E-state index in [1.807, 2.05) is 6.07 Å². The van der Waals surface area contributed by atoms with Gasteiger partial charge in [-0.2, -0.15) is 4.72 Å². The molecule has 1 aromatic rings. The van der Waals surface area contributed by atoms with Crippen LogP contribution < -0.4 is 21.1 Å². The number of anilines is 1. The van der Waals surface area contributed by atoms with Crippen molar-refractivity contribution in [2.24, 2.45) is 17.1 Å². The molecule has 0 unspecified atom stereocenters. The first-order valence-corrected chi connectivity index (χ1v) is 14.7. The summed E-state index contributed by atoms with van der Waals surface area (Å²) in [6.07, 6.45) is 3.85. The van der Waals surface area contributed by atoms with Crippen LogP contribution in [0, 0.1) is 11.3 Å². The van der Waals surface area contributed by atoms with Crippen molar-refractivity contribution in [3.05, 3.63) is 23.8 Å². The zero-order chi connectivity index (χ0) is 27.1. The number of esters is 1. The highest BCUT2D eigenvalue weighted by molar-refractivity contribution is 7.89. The Morgan fingerprint density at radius 2 is 2.00 bits per heavy atom. The third-order valence-corrected chi connectivity index (χ3v) is 8.59. The molecule has 1 fully saturated rings. The van der Waals surface area contributed by atoms with E-state index in [2.05, 4.69) is 29.2 Å². The summed E-state index contributed by atoms with van der Waals surface area (Å²) >= 11 is 0. The van der Waals surface area contributed by atoms with E-state index >= 15 is 0 Å². The molecule has 0 aliphatic carbocycles. The molecule has 0 aromatic heterocycles. The largest absolute Gasteiger partial charge is 0.466 e. The summed E-state index contributed by atoms with van der Waals surface area (Å²) in [4.78, 5) is 26.4. The van der Waals surface area contributed by atoms with E-state index in [1.54, 1.807) is 17.0 Å². The first-order chi connectivity index (χ1) is 17.5. The van der Waals surface area contributed by atoms with Gasteiger partial charge in [-0.25, -0.2) is 8.42 Å². The van der Waals surface area contributed by atoms with Crippen molar-refractivity contribution in [1.82, 2.24) is 14.9 Å². The lowest BCUT2D eigenvalue weighted by atomic mass is 9.82. The van der Waals surface area contributed by atoms with Gasteiger partial charge in [0.05, 0.1) is 12.3 Å². The first kappa shape index (κ1) is 29.3. The normalized spacial score (nSPS) is 18.5. The van der Waals surface area contributed by atoms with Crippen LogP contribution in [0.1, 0.15) is 52.0 Å². The Kier molecular flexibility index (Phi) is 10.3. The van der Waals surface area contributed by atoms with Crippen molar-refractivity contribution in [2.45, 2.75) is 63.8 Å². The molecule has 10 nitrogen and oxygen atoms in total. The van der Waals surface area contributed by atoms with Crippen LogP contribution in [0.5, 0.6) is 0 Å². The van der Waals surface area contributed by atoms with Gasteiger partial charge in [0.25, 0.3) is 0 Å². The molecule has 1 amide bonds. The number of hydrogen-bond acceptors (Lipinski definition) is 8. The Balaban J connectivity index is 1.70. The number of nitrogens with one attached hydrogen (secondary N) is 3. The van der Waals surface area contributed by atoms with Crippen LogP contribution in [-0.4, -0.2) is 77.1 Å². The van der Waals surface area contributed by atoms with Crippen molar-refractivity contribution in [3.63, 3.8) is 0 Å². The van der Waals surface area contributed by atoms with E-state index in [-0.39, 0.29) is 28.7 Å². The maximum atomic E-state index is 13.6. The number of likely N-dealkylation sites (tertiary alicyclic amines) is 1. The van der Waals surface area contributed by atoms with Gasteiger partial charge in [-0.1, -0.05) is 26.0 Å². The Bertz CT molecular complexity index is 1040. The number of nitrogens with zero attached hydrogens (tertiary/aromatic N) is 1. The van der Waals surface area contributed by atoms with E-state index in [0.29, 0.717) is 50.9 Å². The number of amides is 1. The van der Waals surface area contributed by atoms with Gasteiger partial charge in [0.2, 0.25) is 15.9 Å². The molecule has 11 heteroatoms. The smallest absolute Gasteiger partial charge is 0.302 e. The molecular weight excluding hydrogens is 494 g/mol. The number of sulfonamides is 1. The number of ether oxygens (including phenoxy) is 1. The van der Waals surface area contributed by atoms with Crippen LogP contribution in [0.25, 0.3) is 0 Å². The molecule has 0 spiro atoms. The number of benzene rings is 1. The minimum absolute atomic E-state index is 0.0263. The number of carbonyl (C=O) groups excluding carboxylic acids is 2. The topological polar surface area (TPSA) is 143 Å². The van der Waals surface area contributed by atoms with Crippen LogP contribution in [0.2, 0.25) is 0 Å². The zero-order valence-corrected chi connectivity index (χ0v) is 23.2. The fourth-order valence-corrected chi connectivity index (χ4v) is 6.40.